The number of aliphatic hydroxyl groups is 1. The smallest absolute Gasteiger partial charge is 0.148 e. The number of halogens is 1. The molecule has 1 heterocycles. The van der Waals surface area contributed by atoms with Gasteiger partial charge >= 0.3 is 0 Å². The highest BCUT2D eigenvalue weighted by atomic mass is 35.5. The Morgan fingerprint density at radius 3 is 2.44 bits per heavy atom. The van der Waals surface area contributed by atoms with Crippen molar-refractivity contribution >= 4 is 23.4 Å². The van der Waals surface area contributed by atoms with Crippen LogP contribution in [0.2, 0.25) is 0 Å². The van der Waals surface area contributed by atoms with Crippen LogP contribution in [0.15, 0.2) is 66.7 Å². The number of aliphatic hydroxyl groups excluding tert-OH is 1. The number of para-hydroxylation sites is 3. The van der Waals surface area contributed by atoms with Crippen LogP contribution >= 0.6 is 12.4 Å². The molecule has 168 valence electrons. The Kier molecular flexibility index (Phi) is 7.78. The number of ether oxygens (including phenoxy) is 2. The van der Waals surface area contributed by atoms with Crippen molar-refractivity contribution in [3.05, 3.63) is 89.2 Å². The number of hydrogen-bond acceptors (Lipinski definition) is 4. The van der Waals surface area contributed by atoms with Gasteiger partial charge in [0.15, 0.2) is 0 Å². The average Bonchev–Trinajstić information content (AvgIpc) is 3.12. The van der Waals surface area contributed by atoms with Gasteiger partial charge in [0.2, 0.25) is 0 Å². The van der Waals surface area contributed by atoms with Crippen molar-refractivity contribution in [3.8, 4) is 11.5 Å². The van der Waals surface area contributed by atoms with E-state index in [1.54, 1.807) is 0 Å². The van der Waals surface area contributed by atoms with Crippen LogP contribution in [0.25, 0.3) is 11.0 Å². The number of aryl methyl sites for hydroxylation is 2. The van der Waals surface area contributed by atoms with E-state index in [9.17, 15) is 5.11 Å². The first kappa shape index (κ1) is 23.6. The summed E-state index contributed by atoms with van der Waals surface area (Å²) >= 11 is 0. The van der Waals surface area contributed by atoms with E-state index in [0.717, 1.165) is 39.5 Å². The van der Waals surface area contributed by atoms with Gasteiger partial charge in [-0.15, -0.1) is 12.4 Å². The molecule has 0 bridgehead atoms. The molecule has 1 N–H and O–H groups in total. The van der Waals surface area contributed by atoms with Crippen LogP contribution in [-0.4, -0.2) is 27.4 Å². The number of rotatable bonds is 8. The number of aromatic nitrogens is 2. The van der Waals surface area contributed by atoms with Crippen LogP contribution < -0.4 is 9.47 Å². The minimum absolute atomic E-state index is 0. The van der Waals surface area contributed by atoms with E-state index in [0.29, 0.717) is 13.2 Å². The highest BCUT2D eigenvalue weighted by Gasteiger charge is 2.16. The lowest BCUT2D eigenvalue weighted by molar-refractivity contribution is 0.0914. The molecule has 4 rings (SSSR count). The quantitative estimate of drug-likeness (QED) is 0.388. The van der Waals surface area contributed by atoms with E-state index < -0.39 is 6.10 Å². The molecule has 0 aliphatic rings. The van der Waals surface area contributed by atoms with Crippen LogP contribution in [0.5, 0.6) is 11.5 Å². The molecular formula is C26H29ClN2O3. The van der Waals surface area contributed by atoms with Crippen molar-refractivity contribution in [3.63, 3.8) is 0 Å². The number of fused-ring (bicyclic) bond motifs is 1. The predicted molar refractivity (Wildman–Crippen MR) is 130 cm³/mol. The van der Waals surface area contributed by atoms with Crippen molar-refractivity contribution < 1.29 is 14.6 Å². The molecule has 32 heavy (non-hydrogen) atoms. The molecule has 1 unspecified atom stereocenters. The van der Waals surface area contributed by atoms with Crippen LogP contribution in [0.4, 0.5) is 0 Å². The minimum atomic E-state index is -0.687. The molecule has 5 nitrogen and oxygen atoms in total. The van der Waals surface area contributed by atoms with Gasteiger partial charge in [0.1, 0.15) is 36.6 Å². The number of nitrogens with zero attached hydrogens (tertiary/aromatic N) is 2. The largest absolute Gasteiger partial charge is 0.491 e. The van der Waals surface area contributed by atoms with Crippen LogP contribution in [0, 0.1) is 20.8 Å². The van der Waals surface area contributed by atoms with E-state index in [1.807, 2.05) is 79.1 Å². The zero-order valence-electron chi connectivity index (χ0n) is 18.6. The third-order valence-corrected chi connectivity index (χ3v) is 5.43. The summed E-state index contributed by atoms with van der Waals surface area (Å²) in [5.74, 6) is 2.38. The van der Waals surface area contributed by atoms with E-state index in [4.69, 9.17) is 14.5 Å². The molecule has 0 radical (unpaired) electrons. The summed E-state index contributed by atoms with van der Waals surface area (Å²) in [5, 5.41) is 10.8. The minimum Gasteiger partial charge on any atom is -0.491 e. The lowest BCUT2D eigenvalue weighted by Crippen LogP contribution is -2.25. The monoisotopic (exact) mass is 452 g/mol. The van der Waals surface area contributed by atoms with E-state index in [1.165, 1.54) is 5.56 Å². The number of hydrogen-bond donors (Lipinski definition) is 1. The number of imidazole rings is 1. The summed E-state index contributed by atoms with van der Waals surface area (Å²) in [6.07, 6.45) is -0.687. The zero-order chi connectivity index (χ0) is 21.8. The molecule has 0 spiro atoms. The molecule has 0 fully saturated rings. The van der Waals surface area contributed by atoms with Gasteiger partial charge in [-0.1, -0.05) is 36.4 Å². The van der Waals surface area contributed by atoms with Crippen LogP contribution in [-0.2, 0) is 13.2 Å². The van der Waals surface area contributed by atoms with Crippen LogP contribution in [0.1, 0.15) is 22.5 Å². The zero-order valence-corrected chi connectivity index (χ0v) is 19.4. The topological polar surface area (TPSA) is 56.5 Å². The average molecular weight is 453 g/mol. The van der Waals surface area contributed by atoms with Crippen molar-refractivity contribution in [1.29, 1.82) is 0 Å². The number of benzene rings is 3. The standard InChI is InChI=1S/C26H28N2O3.ClH/c1-18-13-19(2)20(3)25(14-18)31-16-21(29)15-28-24-12-8-7-11-23(24)27-26(28)17-30-22-9-5-4-6-10-22;/h4-14,21,29H,15-17H2,1-3H3;1H. The fourth-order valence-corrected chi connectivity index (χ4v) is 3.70. The van der Waals surface area contributed by atoms with Crippen molar-refractivity contribution in [2.24, 2.45) is 0 Å². The molecule has 0 amide bonds. The molecule has 4 aromatic rings. The highest BCUT2D eigenvalue weighted by molar-refractivity contribution is 5.85. The first-order valence-electron chi connectivity index (χ1n) is 10.5. The van der Waals surface area contributed by atoms with Gasteiger partial charge in [-0.2, -0.15) is 0 Å². The molecule has 3 aromatic carbocycles. The Hall–Kier alpha value is -3.02. The fourth-order valence-electron chi connectivity index (χ4n) is 3.70. The van der Waals surface area contributed by atoms with Crippen molar-refractivity contribution in [1.82, 2.24) is 9.55 Å². The van der Waals surface area contributed by atoms with Gasteiger partial charge in [-0.25, -0.2) is 4.98 Å². The normalized spacial score (nSPS) is 11.8. The Morgan fingerprint density at radius 2 is 1.66 bits per heavy atom. The van der Waals surface area contributed by atoms with Gasteiger partial charge in [0.05, 0.1) is 17.6 Å². The summed E-state index contributed by atoms with van der Waals surface area (Å²) in [4.78, 5) is 4.72. The Balaban J connectivity index is 0.00000289. The third-order valence-electron chi connectivity index (χ3n) is 5.43. The summed E-state index contributed by atoms with van der Waals surface area (Å²) in [6.45, 7) is 7.06. The SMILES string of the molecule is Cc1cc(C)c(C)c(OCC(O)Cn2c(COc3ccccc3)nc3ccccc32)c1.Cl. The summed E-state index contributed by atoms with van der Waals surface area (Å²) in [6, 6.07) is 21.7. The molecule has 0 saturated heterocycles. The predicted octanol–water partition coefficient (Wildman–Crippen LogP) is 5.40. The summed E-state index contributed by atoms with van der Waals surface area (Å²) in [7, 11) is 0. The van der Waals surface area contributed by atoms with Gasteiger partial charge in [-0.3, -0.25) is 0 Å². The molecular weight excluding hydrogens is 424 g/mol. The molecule has 0 aliphatic heterocycles. The first-order valence-corrected chi connectivity index (χ1v) is 10.5. The molecule has 6 heteroatoms. The maximum absolute atomic E-state index is 10.8. The maximum atomic E-state index is 10.8. The van der Waals surface area contributed by atoms with Crippen molar-refractivity contribution in [2.75, 3.05) is 6.61 Å². The Morgan fingerprint density at radius 1 is 0.938 bits per heavy atom. The summed E-state index contributed by atoms with van der Waals surface area (Å²) in [5.41, 5.74) is 5.28. The second kappa shape index (κ2) is 10.5. The second-order valence-corrected chi connectivity index (χ2v) is 7.90. The van der Waals surface area contributed by atoms with E-state index in [-0.39, 0.29) is 19.0 Å². The first-order chi connectivity index (χ1) is 15.0. The van der Waals surface area contributed by atoms with Gasteiger partial charge in [0, 0.05) is 0 Å². The van der Waals surface area contributed by atoms with E-state index >= 15 is 0 Å². The van der Waals surface area contributed by atoms with Gasteiger partial charge in [-0.05, 0) is 67.8 Å². The van der Waals surface area contributed by atoms with Crippen LogP contribution in [0.3, 0.4) is 0 Å². The van der Waals surface area contributed by atoms with E-state index in [2.05, 4.69) is 13.0 Å². The lowest BCUT2D eigenvalue weighted by atomic mass is 10.1. The lowest BCUT2D eigenvalue weighted by Gasteiger charge is -2.18. The van der Waals surface area contributed by atoms with Gasteiger partial charge in [0.25, 0.3) is 0 Å². The third kappa shape index (κ3) is 5.42. The fraction of sp³-hybridized carbons (Fsp3) is 0.269. The van der Waals surface area contributed by atoms with Gasteiger partial charge < -0.3 is 19.1 Å². The Labute approximate surface area is 195 Å². The van der Waals surface area contributed by atoms with Crippen molar-refractivity contribution in [2.45, 2.75) is 40.0 Å². The summed E-state index contributed by atoms with van der Waals surface area (Å²) < 4.78 is 13.9. The molecule has 0 aliphatic carbocycles. The molecule has 0 saturated carbocycles. The maximum Gasteiger partial charge on any atom is 0.148 e. The second-order valence-electron chi connectivity index (χ2n) is 7.90. The Bertz CT molecular complexity index is 1170. The highest BCUT2D eigenvalue weighted by Crippen LogP contribution is 2.24. The molecule has 1 aromatic heterocycles. The molecule has 1 atom stereocenters.